The van der Waals surface area contributed by atoms with Crippen LogP contribution in [0, 0.1) is 0 Å². The van der Waals surface area contributed by atoms with Crippen LogP contribution in [0.25, 0.3) is 11.2 Å². The van der Waals surface area contributed by atoms with E-state index in [9.17, 15) is 9.90 Å². The van der Waals surface area contributed by atoms with Crippen molar-refractivity contribution in [3.63, 3.8) is 0 Å². The normalized spacial score (nSPS) is 12.1. The topological polar surface area (TPSA) is 140 Å². The third-order valence-corrected chi connectivity index (χ3v) is 3.58. The van der Waals surface area contributed by atoms with Crippen molar-refractivity contribution in [3.8, 4) is 11.5 Å². The lowest BCUT2D eigenvalue weighted by molar-refractivity contribution is 0.183. The van der Waals surface area contributed by atoms with E-state index >= 15 is 0 Å². The second-order valence-corrected chi connectivity index (χ2v) is 5.25. The molecule has 10 heteroatoms. The number of aliphatic hydroxyl groups is 1. The number of anilines is 2. The largest absolute Gasteiger partial charge is 0.493 e. The predicted octanol–water partition coefficient (Wildman–Crippen LogP) is 0.150. The molecule has 3 rings (SSSR count). The third-order valence-electron chi connectivity index (χ3n) is 3.58. The summed E-state index contributed by atoms with van der Waals surface area (Å²) in [6.07, 6.45) is 0.462. The second kappa shape index (κ2) is 6.69. The number of aliphatic hydroxyl groups excluding tert-OH is 1. The van der Waals surface area contributed by atoms with Gasteiger partial charge in [-0.15, -0.1) is 0 Å². The Balaban J connectivity index is 1.79. The number of benzene rings is 1. The van der Waals surface area contributed by atoms with Crippen molar-refractivity contribution in [1.29, 1.82) is 0 Å². The summed E-state index contributed by atoms with van der Waals surface area (Å²) in [5, 5.41) is 13.2. The standard InChI is InChI=1S/C15H18N6O4/c1-24-9-4-3-8(5-10(9)25-2)18-11(22)6-21-7-17-12-13(21)19-15(16)20-14(12)23/h3-5,7,11,18,22H,6H2,1-2H3,(H3,16,19,20,23). The smallest absolute Gasteiger partial charge is 0.280 e. The van der Waals surface area contributed by atoms with Gasteiger partial charge in [-0.1, -0.05) is 0 Å². The number of methoxy groups -OCH3 is 2. The Labute approximate surface area is 142 Å². The van der Waals surface area contributed by atoms with Crippen molar-refractivity contribution >= 4 is 22.8 Å². The first-order chi connectivity index (χ1) is 12.0. The van der Waals surface area contributed by atoms with Gasteiger partial charge >= 0.3 is 0 Å². The lowest BCUT2D eigenvalue weighted by Gasteiger charge is -2.16. The quantitative estimate of drug-likeness (QED) is 0.462. The summed E-state index contributed by atoms with van der Waals surface area (Å²) in [6, 6.07) is 5.18. The highest BCUT2D eigenvalue weighted by atomic mass is 16.5. The number of hydrogen-bond acceptors (Lipinski definition) is 8. The van der Waals surface area contributed by atoms with Crippen LogP contribution in [0.3, 0.4) is 0 Å². The fourth-order valence-electron chi connectivity index (χ4n) is 2.45. The minimum absolute atomic E-state index is 0.0124. The summed E-state index contributed by atoms with van der Waals surface area (Å²) in [6.45, 7) is 0.112. The lowest BCUT2D eigenvalue weighted by atomic mass is 10.2. The summed E-state index contributed by atoms with van der Waals surface area (Å²) in [5.74, 6) is 1.11. The molecule has 3 aromatic rings. The number of imidazole rings is 1. The number of aromatic nitrogens is 4. The van der Waals surface area contributed by atoms with E-state index in [0.717, 1.165) is 0 Å². The van der Waals surface area contributed by atoms with Gasteiger partial charge in [-0.05, 0) is 12.1 Å². The molecule has 0 saturated carbocycles. The SMILES string of the molecule is COc1ccc(NC(O)Cn2cnc3c(=O)[nH]c(N)nc32)cc1OC. The number of H-pyrrole nitrogens is 1. The number of nitrogens with one attached hydrogen (secondary N) is 2. The minimum atomic E-state index is -0.960. The van der Waals surface area contributed by atoms with Crippen molar-refractivity contribution in [2.45, 2.75) is 12.8 Å². The van der Waals surface area contributed by atoms with Gasteiger partial charge in [-0.3, -0.25) is 9.78 Å². The summed E-state index contributed by atoms with van der Waals surface area (Å²) in [5.41, 5.74) is 6.23. The second-order valence-electron chi connectivity index (χ2n) is 5.25. The molecule has 0 aliphatic rings. The molecule has 0 saturated heterocycles. The number of rotatable bonds is 6. The highest BCUT2D eigenvalue weighted by Crippen LogP contribution is 2.29. The number of nitrogens with two attached hydrogens (primary N) is 1. The Morgan fingerprint density at radius 1 is 1.36 bits per heavy atom. The van der Waals surface area contributed by atoms with E-state index in [-0.39, 0.29) is 18.0 Å². The average Bonchev–Trinajstić information content (AvgIpc) is 2.97. The molecular formula is C15H18N6O4. The first-order valence-electron chi connectivity index (χ1n) is 7.39. The van der Waals surface area contributed by atoms with E-state index in [2.05, 4.69) is 20.3 Å². The van der Waals surface area contributed by atoms with Crippen LogP contribution in [0.5, 0.6) is 11.5 Å². The van der Waals surface area contributed by atoms with Crippen LogP contribution in [0.15, 0.2) is 29.3 Å². The molecule has 1 aromatic carbocycles. The van der Waals surface area contributed by atoms with E-state index < -0.39 is 11.8 Å². The predicted molar refractivity (Wildman–Crippen MR) is 91.7 cm³/mol. The van der Waals surface area contributed by atoms with Crippen molar-refractivity contribution in [2.24, 2.45) is 0 Å². The fraction of sp³-hybridized carbons (Fsp3) is 0.267. The molecular weight excluding hydrogens is 328 g/mol. The summed E-state index contributed by atoms with van der Waals surface area (Å²) < 4.78 is 11.9. The molecule has 10 nitrogen and oxygen atoms in total. The molecule has 0 bridgehead atoms. The van der Waals surface area contributed by atoms with Gasteiger partial charge in [-0.2, -0.15) is 4.98 Å². The van der Waals surface area contributed by atoms with Crippen molar-refractivity contribution in [1.82, 2.24) is 19.5 Å². The molecule has 0 fully saturated rings. The van der Waals surface area contributed by atoms with Gasteiger partial charge in [0.15, 0.2) is 22.7 Å². The number of nitrogens with zero attached hydrogens (tertiary/aromatic N) is 3. The maximum atomic E-state index is 11.8. The Bertz CT molecular complexity index is 951. The van der Waals surface area contributed by atoms with Crippen LogP contribution in [0.1, 0.15) is 0 Å². The molecule has 0 radical (unpaired) electrons. The number of fused-ring (bicyclic) bond motifs is 1. The number of aromatic amines is 1. The average molecular weight is 346 g/mol. The maximum Gasteiger partial charge on any atom is 0.280 e. The molecule has 1 atom stereocenters. The van der Waals surface area contributed by atoms with Gasteiger partial charge in [0, 0.05) is 11.8 Å². The van der Waals surface area contributed by atoms with E-state index in [0.29, 0.717) is 22.8 Å². The van der Waals surface area contributed by atoms with Crippen molar-refractivity contribution in [2.75, 3.05) is 25.3 Å². The van der Waals surface area contributed by atoms with Gasteiger partial charge in [0.2, 0.25) is 5.95 Å². The van der Waals surface area contributed by atoms with E-state index in [1.54, 1.807) is 29.9 Å². The minimum Gasteiger partial charge on any atom is -0.493 e. The van der Waals surface area contributed by atoms with Gasteiger partial charge in [0.05, 0.1) is 27.1 Å². The van der Waals surface area contributed by atoms with E-state index in [1.165, 1.54) is 13.4 Å². The van der Waals surface area contributed by atoms with Gasteiger partial charge in [0.1, 0.15) is 6.23 Å². The first kappa shape index (κ1) is 16.6. The molecule has 132 valence electrons. The molecule has 2 heterocycles. The monoisotopic (exact) mass is 346 g/mol. The summed E-state index contributed by atoms with van der Waals surface area (Å²) in [4.78, 5) is 22.2. The molecule has 0 aliphatic carbocycles. The highest BCUT2D eigenvalue weighted by Gasteiger charge is 2.13. The van der Waals surface area contributed by atoms with Gasteiger partial charge in [0.25, 0.3) is 5.56 Å². The van der Waals surface area contributed by atoms with Gasteiger partial charge < -0.3 is 30.2 Å². The van der Waals surface area contributed by atoms with Crippen LogP contribution >= 0.6 is 0 Å². The Kier molecular flexibility index (Phi) is 4.44. The first-order valence-corrected chi connectivity index (χ1v) is 7.39. The van der Waals surface area contributed by atoms with Crippen molar-refractivity contribution < 1.29 is 14.6 Å². The van der Waals surface area contributed by atoms with Crippen molar-refractivity contribution in [3.05, 3.63) is 34.9 Å². The zero-order valence-electron chi connectivity index (χ0n) is 13.7. The molecule has 5 N–H and O–H groups in total. The number of ether oxygens (including phenoxy) is 2. The lowest BCUT2D eigenvalue weighted by Crippen LogP contribution is -2.25. The van der Waals surface area contributed by atoms with Crippen LogP contribution in [0.2, 0.25) is 0 Å². The third kappa shape index (κ3) is 3.33. The Hall–Kier alpha value is -3.27. The molecule has 2 aromatic heterocycles. The zero-order valence-corrected chi connectivity index (χ0v) is 13.7. The highest BCUT2D eigenvalue weighted by molar-refractivity contribution is 5.70. The molecule has 0 aliphatic heterocycles. The van der Waals surface area contributed by atoms with Crippen LogP contribution in [0.4, 0.5) is 11.6 Å². The number of nitrogen functional groups attached to an aromatic ring is 1. The summed E-state index contributed by atoms with van der Waals surface area (Å²) in [7, 11) is 3.08. The van der Waals surface area contributed by atoms with Crippen LogP contribution in [-0.2, 0) is 6.54 Å². The molecule has 25 heavy (non-hydrogen) atoms. The molecule has 0 amide bonds. The fourth-order valence-corrected chi connectivity index (χ4v) is 2.45. The van der Waals surface area contributed by atoms with E-state index in [4.69, 9.17) is 15.2 Å². The van der Waals surface area contributed by atoms with E-state index in [1.807, 2.05) is 0 Å². The Morgan fingerprint density at radius 3 is 2.84 bits per heavy atom. The van der Waals surface area contributed by atoms with Crippen LogP contribution < -0.4 is 26.1 Å². The van der Waals surface area contributed by atoms with Gasteiger partial charge in [-0.25, -0.2) is 4.98 Å². The zero-order chi connectivity index (χ0) is 18.0. The van der Waals surface area contributed by atoms with Crippen LogP contribution in [-0.4, -0.2) is 45.1 Å². The molecule has 1 unspecified atom stereocenters. The maximum absolute atomic E-state index is 11.8. The Morgan fingerprint density at radius 2 is 2.12 bits per heavy atom. The number of hydrogen-bond donors (Lipinski definition) is 4. The molecule has 0 spiro atoms. The summed E-state index contributed by atoms with van der Waals surface area (Å²) >= 11 is 0.